The highest BCUT2D eigenvalue weighted by Crippen LogP contribution is 2.33. The lowest BCUT2D eigenvalue weighted by Gasteiger charge is -2.15. The van der Waals surface area contributed by atoms with Gasteiger partial charge in [0.15, 0.2) is 0 Å². The second kappa shape index (κ2) is 8.81. The van der Waals surface area contributed by atoms with Crippen LogP contribution in [0.5, 0.6) is 0 Å². The van der Waals surface area contributed by atoms with Crippen molar-refractivity contribution in [2.45, 2.75) is 36.6 Å². The third-order valence-electron chi connectivity index (χ3n) is 5.34. The first-order valence-corrected chi connectivity index (χ1v) is 11.5. The lowest BCUT2D eigenvalue weighted by atomic mass is 10.1. The minimum Gasteiger partial charge on any atom is -0.345 e. The number of benzene rings is 2. The van der Waals surface area contributed by atoms with Gasteiger partial charge in [0.05, 0.1) is 17.1 Å². The van der Waals surface area contributed by atoms with Gasteiger partial charge >= 0.3 is 0 Å². The van der Waals surface area contributed by atoms with Gasteiger partial charge in [0.1, 0.15) is 0 Å². The molecule has 0 unspecified atom stereocenters. The van der Waals surface area contributed by atoms with E-state index in [1.54, 1.807) is 36.7 Å². The van der Waals surface area contributed by atoms with E-state index in [1.165, 1.54) is 0 Å². The molecular formula is C22H24N4O3S. The number of carbonyl (C=O) groups excluding carboxylic acids is 1. The number of sulfonamides is 1. The molecule has 1 aliphatic rings. The van der Waals surface area contributed by atoms with Crippen LogP contribution < -0.4 is 10.0 Å². The Morgan fingerprint density at radius 3 is 2.77 bits per heavy atom. The number of amides is 1. The minimum absolute atomic E-state index is 0.154. The summed E-state index contributed by atoms with van der Waals surface area (Å²) < 4.78 is 28.1. The third kappa shape index (κ3) is 4.60. The number of aromatic amines is 1. The smallest absolute Gasteiger partial charge is 0.251 e. The molecule has 7 nitrogen and oxygen atoms in total. The van der Waals surface area contributed by atoms with E-state index in [4.69, 9.17) is 0 Å². The van der Waals surface area contributed by atoms with Crippen LogP contribution in [0.2, 0.25) is 0 Å². The number of aromatic nitrogens is 2. The standard InChI is InChI=1S/C22H24N4O3S/c27-22(18-6-2-1-3-7-18)26-21-11-9-17-8-10-19(13-20(17)21)30(28,29)25-12-4-5-16-14-23-24-15-16/h1-3,6-8,10,13-15,21,25H,4-5,9,11-12H2,(H,23,24)(H,26,27)/t21-/m0/s1. The summed E-state index contributed by atoms with van der Waals surface area (Å²) in [5.41, 5.74) is 3.59. The van der Waals surface area contributed by atoms with Crippen LogP contribution in [0, 0.1) is 0 Å². The molecule has 30 heavy (non-hydrogen) atoms. The Morgan fingerprint density at radius 1 is 1.17 bits per heavy atom. The van der Waals surface area contributed by atoms with Gasteiger partial charge in [0.2, 0.25) is 10.0 Å². The molecule has 0 saturated carbocycles. The summed E-state index contributed by atoms with van der Waals surface area (Å²) in [4.78, 5) is 12.7. The average molecular weight is 425 g/mol. The van der Waals surface area contributed by atoms with Crippen molar-refractivity contribution < 1.29 is 13.2 Å². The molecule has 0 radical (unpaired) electrons. The minimum atomic E-state index is -3.61. The largest absolute Gasteiger partial charge is 0.345 e. The van der Waals surface area contributed by atoms with E-state index < -0.39 is 10.0 Å². The number of aryl methyl sites for hydroxylation is 2. The maximum Gasteiger partial charge on any atom is 0.251 e. The Bertz CT molecular complexity index is 1110. The van der Waals surface area contributed by atoms with Crippen molar-refractivity contribution in [3.63, 3.8) is 0 Å². The van der Waals surface area contributed by atoms with Gasteiger partial charge in [-0.05, 0) is 66.6 Å². The zero-order valence-electron chi connectivity index (χ0n) is 16.5. The number of H-pyrrole nitrogens is 1. The van der Waals surface area contributed by atoms with E-state index in [1.807, 2.05) is 24.3 Å². The van der Waals surface area contributed by atoms with E-state index >= 15 is 0 Å². The van der Waals surface area contributed by atoms with E-state index in [9.17, 15) is 13.2 Å². The Morgan fingerprint density at radius 2 is 2.00 bits per heavy atom. The van der Waals surface area contributed by atoms with Crippen molar-refractivity contribution in [3.05, 3.63) is 83.2 Å². The second-order valence-electron chi connectivity index (χ2n) is 7.40. The molecule has 3 N–H and O–H groups in total. The molecule has 1 amide bonds. The quantitative estimate of drug-likeness (QED) is 0.484. The van der Waals surface area contributed by atoms with Crippen molar-refractivity contribution >= 4 is 15.9 Å². The van der Waals surface area contributed by atoms with Crippen molar-refractivity contribution in [1.29, 1.82) is 0 Å². The molecule has 2 aromatic carbocycles. The molecule has 4 rings (SSSR count). The van der Waals surface area contributed by atoms with Crippen molar-refractivity contribution in [2.24, 2.45) is 0 Å². The summed E-state index contributed by atoms with van der Waals surface area (Å²) in [6.07, 6.45) is 6.54. The third-order valence-corrected chi connectivity index (χ3v) is 6.79. The molecule has 0 aliphatic heterocycles. The fourth-order valence-corrected chi connectivity index (χ4v) is 4.83. The molecule has 3 aromatic rings. The Kier molecular flexibility index (Phi) is 5.96. The molecule has 1 atom stereocenters. The maximum absolute atomic E-state index is 12.7. The van der Waals surface area contributed by atoms with Gasteiger partial charge in [-0.1, -0.05) is 24.3 Å². The number of hydrogen-bond acceptors (Lipinski definition) is 4. The van der Waals surface area contributed by atoms with Gasteiger partial charge in [0, 0.05) is 18.3 Å². The molecule has 1 aromatic heterocycles. The van der Waals surface area contributed by atoms with Crippen molar-refractivity contribution in [3.8, 4) is 0 Å². The fraction of sp³-hybridized carbons (Fsp3) is 0.273. The first-order chi connectivity index (χ1) is 14.5. The van der Waals surface area contributed by atoms with Gasteiger partial charge < -0.3 is 5.32 Å². The lowest BCUT2D eigenvalue weighted by Crippen LogP contribution is -2.28. The summed E-state index contributed by atoms with van der Waals surface area (Å²) in [6.45, 7) is 0.346. The topological polar surface area (TPSA) is 104 Å². The molecule has 0 fully saturated rings. The summed E-state index contributed by atoms with van der Waals surface area (Å²) in [5.74, 6) is -0.154. The second-order valence-corrected chi connectivity index (χ2v) is 9.17. The predicted molar refractivity (Wildman–Crippen MR) is 114 cm³/mol. The van der Waals surface area contributed by atoms with Gasteiger partial charge in [-0.3, -0.25) is 9.89 Å². The normalized spacial score (nSPS) is 15.7. The zero-order valence-corrected chi connectivity index (χ0v) is 17.3. The maximum atomic E-state index is 12.7. The number of nitrogens with zero attached hydrogens (tertiary/aromatic N) is 1. The van der Waals surface area contributed by atoms with Crippen LogP contribution in [0.4, 0.5) is 0 Å². The Labute approximate surface area is 176 Å². The highest BCUT2D eigenvalue weighted by molar-refractivity contribution is 7.89. The van der Waals surface area contributed by atoms with E-state index in [-0.39, 0.29) is 16.8 Å². The fourth-order valence-electron chi connectivity index (χ4n) is 3.73. The average Bonchev–Trinajstić information content (AvgIpc) is 3.42. The van der Waals surface area contributed by atoms with E-state index in [0.717, 1.165) is 36.0 Å². The summed E-state index contributed by atoms with van der Waals surface area (Å²) >= 11 is 0. The molecule has 8 heteroatoms. The number of fused-ring (bicyclic) bond motifs is 1. The number of carbonyl (C=O) groups is 1. The van der Waals surface area contributed by atoms with Crippen LogP contribution in [0.1, 0.15) is 45.9 Å². The van der Waals surface area contributed by atoms with Gasteiger partial charge in [-0.2, -0.15) is 5.10 Å². The summed E-state index contributed by atoms with van der Waals surface area (Å²) in [6, 6.07) is 14.0. The van der Waals surface area contributed by atoms with Crippen LogP contribution in [0.3, 0.4) is 0 Å². The van der Waals surface area contributed by atoms with Crippen LogP contribution in [-0.2, 0) is 22.9 Å². The molecule has 156 valence electrons. The van der Waals surface area contributed by atoms with Crippen LogP contribution >= 0.6 is 0 Å². The number of hydrogen-bond donors (Lipinski definition) is 3. The highest BCUT2D eigenvalue weighted by Gasteiger charge is 2.26. The van der Waals surface area contributed by atoms with Crippen LogP contribution in [-0.4, -0.2) is 31.1 Å². The molecule has 0 bridgehead atoms. The monoisotopic (exact) mass is 424 g/mol. The molecule has 0 spiro atoms. The van der Waals surface area contributed by atoms with Gasteiger partial charge in [0.25, 0.3) is 5.91 Å². The Balaban J connectivity index is 1.42. The summed E-state index contributed by atoms with van der Waals surface area (Å²) in [7, 11) is -3.61. The SMILES string of the molecule is O=C(N[C@H]1CCc2ccc(S(=O)(=O)NCCCc3cn[nH]c3)cc21)c1ccccc1. The molecule has 1 heterocycles. The van der Waals surface area contributed by atoms with Gasteiger partial charge in [-0.25, -0.2) is 13.1 Å². The first kappa shape index (κ1) is 20.3. The van der Waals surface area contributed by atoms with E-state index in [0.29, 0.717) is 18.5 Å². The molecular weight excluding hydrogens is 400 g/mol. The highest BCUT2D eigenvalue weighted by atomic mass is 32.2. The zero-order chi connectivity index (χ0) is 21.0. The van der Waals surface area contributed by atoms with E-state index in [2.05, 4.69) is 20.2 Å². The van der Waals surface area contributed by atoms with Gasteiger partial charge in [-0.15, -0.1) is 0 Å². The van der Waals surface area contributed by atoms with Crippen molar-refractivity contribution in [2.75, 3.05) is 6.54 Å². The first-order valence-electron chi connectivity index (χ1n) is 9.99. The number of nitrogens with one attached hydrogen (secondary N) is 3. The summed E-state index contributed by atoms with van der Waals surface area (Å²) in [5, 5.41) is 9.66. The van der Waals surface area contributed by atoms with Crippen molar-refractivity contribution in [1.82, 2.24) is 20.2 Å². The predicted octanol–water partition coefficient (Wildman–Crippen LogP) is 2.74. The lowest BCUT2D eigenvalue weighted by molar-refractivity contribution is 0.0936. The molecule has 0 saturated heterocycles. The molecule has 1 aliphatic carbocycles. The number of rotatable bonds is 8. The van der Waals surface area contributed by atoms with Crippen LogP contribution in [0.25, 0.3) is 0 Å². The van der Waals surface area contributed by atoms with Crippen LogP contribution in [0.15, 0.2) is 65.8 Å². The Hall–Kier alpha value is -2.97.